The number of aromatic nitrogens is 1. The monoisotopic (exact) mass is 347 g/mol. The molecule has 0 aliphatic carbocycles. The van der Waals surface area contributed by atoms with Crippen LogP contribution in [0.15, 0.2) is 35.1 Å². The minimum absolute atomic E-state index is 0.0324. The van der Waals surface area contributed by atoms with Crippen molar-refractivity contribution in [1.82, 2.24) is 14.6 Å². The minimum Gasteiger partial charge on any atom is -0.348 e. The average Bonchev–Trinajstić information content (AvgIpc) is 3.02. The van der Waals surface area contributed by atoms with E-state index >= 15 is 0 Å². The van der Waals surface area contributed by atoms with Crippen molar-refractivity contribution in [2.24, 2.45) is 5.92 Å². The number of pyridine rings is 1. The van der Waals surface area contributed by atoms with Gasteiger partial charge >= 0.3 is 0 Å². The molecule has 0 aromatic carbocycles. The van der Waals surface area contributed by atoms with Crippen molar-refractivity contribution in [1.29, 1.82) is 0 Å². The first kappa shape index (κ1) is 13.3. The molecule has 21 heavy (non-hydrogen) atoms. The summed E-state index contributed by atoms with van der Waals surface area (Å²) in [6.07, 6.45) is 4.30. The van der Waals surface area contributed by atoms with Crippen LogP contribution in [-0.4, -0.2) is 40.9 Å². The maximum atomic E-state index is 12.5. The van der Waals surface area contributed by atoms with Crippen LogP contribution in [0.5, 0.6) is 0 Å². The Morgan fingerprint density at radius 2 is 2.10 bits per heavy atom. The molecule has 1 amide bonds. The molecule has 0 spiro atoms. The first-order valence-corrected chi connectivity index (χ1v) is 8.28. The number of hydrogen-bond acceptors (Lipinski definition) is 2. The zero-order valence-electron chi connectivity index (χ0n) is 11.8. The van der Waals surface area contributed by atoms with Crippen LogP contribution < -0.4 is 5.32 Å². The van der Waals surface area contributed by atoms with Gasteiger partial charge in [-0.3, -0.25) is 4.79 Å². The topological polar surface area (TPSA) is 36.8 Å². The number of halogens is 1. The Kier molecular flexibility index (Phi) is 3.27. The summed E-state index contributed by atoms with van der Waals surface area (Å²) in [7, 11) is 0. The highest BCUT2D eigenvalue weighted by molar-refractivity contribution is 9.10. The Labute approximate surface area is 132 Å². The lowest BCUT2D eigenvalue weighted by Gasteiger charge is -2.30. The van der Waals surface area contributed by atoms with Gasteiger partial charge in [0.2, 0.25) is 0 Å². The smallest absolute Gasteiger partial charge is 0.253 e. The Bertz CT molecular complexity index is 684. The predicted octanol–water partition coefficient (Wildman–Crippen LogP) is 2.53. The molecule has 2 aromatic heterocycles. The summed E-state index contributed by atoms with van der Waals surface area (Å²) in [5, 5.41) is 3.20. The Hall–Kier alpha value is -1.33. The van der Waals surface area contributed by atoms with Crippen molar-refractivity contribution >= 4 is 27.4 Å². The lowest BCUT2D eigenvalue weighted by Crippen LogP contribution is -2.47. The largest absolute Gasteiger partial charge is 0.348 e. The fraction of sp³-hybridized carbons (Fsp3) is 0.438. The molecule has 1 unspecified atom stereocenters. The zero-order chi connectivity index (χ0) is 14.4. The highest BCUT2D eigenvalue weighted by Gasteiger charge is 2.32. The molecule has 2 aliphatic rings. The first-order chi connectivity index (χ1) is 10.2. The molecule has 3 atom stereocenters. The summed E-state index contributed by atoms with van der Waals surface area (Å²) >= 11 is 3.50. The van der Waals surface area contributed by atoms with E-state index in [1.807, 2.05) is 34.9 Å². The van der Waals surface area contributed by atoms with Crippen LogP contribution in [0.1, 0.15) is 23.2 Å². The van der Waals surface area contributed by atoms with Crippen molar-refractivity contribution < 1.29 is 4.79 Å². The third kappa shape index (κ3) is 2.49. The molecule has 4 heterocycles. The second kappa shape index (κ2) is 5.14. The van der Waals surface area contributed by atoms with E-state index in [4.69, 9.17) is 0 Å². The molecule has 2 bridgehead atoms. The first-order valence-electron chi connectivity index (χ1n) is 7.49. The standard InChI is InChI=1S/C16H18BrN3O/c17-15-4-3-14-2-1-12(9-20(14)15)16(21)18-13-7-11-5-6-19(8-11)10-13/h1-4,9,11,13H,5-8,10H2,(H,18,21)/t11-,13+/m0/s1. The van der Waals surface area contributed by atoms with Crippen molar-refractivity contribution in [3.63, 3.8) is 0 Å². The lowest BCUT2D eigenvalue weighted by atomic mass is 9.96. The summed E-state index contributed by atoms with van der Waals surface area (Å²) in [4.78, 5) is 14.9. The zero-order valence-corrected chi connectivity index (χ0v) is 13.3. The molecule has 110 valence electrons. The Morgan fingerprint density at radius 1 is 1.24 bits per heavy atom. The molecule has 2 aromatic rings. The number of amides is 1. The van der Waals surface area contributed by atoms with Gasteiger partial charge in [-0.25, -0.2) is 0 Å². The maximum absolute atomic E-state index is 12.5. The molecule has 1 N–H and O–H groups in total. The van der Waals surface area contributed by atoms with Crippen LogP contribution in [0, 0.1) is 5.92 Å². The van der Waals surface area contributed by atoms with E-state index < -0.39 is 0 Å². The van der Waals surface area contributed by atoms with Crippen LogP contribution in [-0.2, 0) is 0 Å². The SMILES string of the molecule is O=C(N[C@@H]1C[C@@H]2CCN(C2)C1)c1ccc2ccc(Br)n2c1. The van der Waals surface area contributed by atoms with Gasteiger partial charge in [-0.15, -0.1) is 0 Å². The molecular weight excluding hydrogens is 330 g/mol. The third-order valence-corrected chi connectivity index (χ3v) is 5.31. The number of carbonyl (C=O) groups excluding carboxylic acids is 1. The predicted molar refractivity (Wildman–Crippen MR) is 85.5 cm³/mol. The Morgan fingerprint density at radius 3 is 2.95 bits per heavy atom. The second-order valence-corrected chi connectivity index (χ2v) is 7.00. The number of nitrogens with zero attached hydrogens (tertiary/aromatic N) is 2. The van der Waals surface area contributed by atoms with Crippen LogP contribution in [0.2, 0.25) is 0 Å². The van der Waals surface area contributed by atoms with Crippen molar-refractivity contribution in [2.75, 3.05) is 19.6 Å². The summed E-state index contributed by atoms with van der Waals surface area (Å²) < 4.78 is 2.96. The van der Waals surface area contributed by atoms with Gasteiger partial charge in [0.1, 0.15) is 0 Å². The van der Waals surface area contributed by atoms with Gasteiger partial charge < -0.3 is 14.6 Å². The van der Waals surface area contributed by atoms with Gasteiger partial charge in [0.25, 0.3) is 5.91 Å². The van der Waals surface area contributed by atoms with Gasteiger partial charge in [0.15, 0.2) is 0 Å². The summed E-state index contributed by atoms with van der Waals surface area (Å²) in [5.41, 5.74) is 1.80. The highest BCUT2D eigenvalue weighted by Crippen LogP contribution is 2.27. The summed E-state index contributed by atoms with van der Waals surface area (Å²) in [6, 6.07) is 8.19. The highest BCUT2D eigenvalue weighted by atomic mass is 79.9. The fourth-order valence-corrected chi connectivity index (χ4v) is 4.07. The van der Waals surface area contributed by atoms with E-state index in [1.54, 1.807) is 0 Å². The molecule has 5 heteroatoms. The number of fused-ring (bicyclic) bond motifs is 3. The van der Waals surface area contributed by atoms with Gasteiger partial charge in [0.05, 0.1) is 10.2 Å². The van der Waals surface area contributed by atoms with Crippen LogP contribution >= 0.6 is 15.9 Å². The van der Waals surface area contributed by atoms with E-state index in [0.717, 1.165) is 29.0 Å². The molecule has 2 aliphatic heterocycles. The van der Waals surface area contributed by atoms with E-state index in [0.29, 0.717) is 11.6 Å². The van der Waals surface area contributed by atoms with Gasteiger partial charge in [-0.1, -0.05) is 0 Å². The van der Waals surface area contributed by atoms with Crippen LogP contribution in [0.25, 0.3) is 5.52 Å². The van der Waals surface area contributed by atoms with Crippen LogP contribution in [0.4, 0.5) is 0 Å². The molecule has 2 fully saturated rings. The molecule has 2 saturated heterocycles. The quantitative estimate of drug-likeness (QED) is 0.906. The number of piperidine rings is 1. The van der Waals surface area contributed by atoms with Gasteiger partial charge in [0, 0.05) is 30.8 Å². The average molecular weight is 348 g/mol. The van der Waals surface area contributed by atoms with Gasteiger partial charge in [-0.05, 0) is 65.5 Å². The van der Waals surface area contributed by atoms with E-state index in [1.165, 1.54) is 19.5 Å². The number of hydrogen-bond donors (Lipinski definition) is 1. The number of nitrogens with one attached hydrogen (secondary N) is 1. The van der Waals surface area contributed by atoms with Crippen molar-refractivity contribution in [2.45, 2.75) is 18.9 Å². The van der Waals surface area contributed by atoms with Crippen molar-refractivity contribution in [3.8, 4) is 0 Å². The van der Waals surface area contributed by atoms with E-state index in [-0.39, 0.29) is 5.91 Å². The number of carbonyl (C=O) groups is 1. The Balaban J connectivity index is 1.52. The van der Waals surface area contributed by atoms with E-state index in [9.17, 15) is 4.79 Å². The lowest BCUT2D eigenvalue weighted by molar-refractivity contribution is 0.0909. The number of rotatable bonds is 2. The fourth-order valence-electron chi connectivity index (χ4n) is 3.63. The molecule has 4 rings (SSSR count). The van der Waals surface area contributed by atoms with Gasteiger partial charge in [-0.2, -0.15) is 0 Å². The van der Waals surface area contributed by atoms with E-state index in [2.05, 4.69) is 26.1 Å². The van der Waals surface area contributed by atoms with Crippen molar-refractivity contribution in [3.05, 3.63) is 40.6 Å². The summed E-state index contributed by atoms with van der Waals surface area (Å²) in [5.74, 6) is 0.801. The summed E-state index contributed by atoms with van der Waals surface area (Å²) in [6.45, 7) is 3.41. The molecule has 4 nitrogen and oxygen atoms in total. The normalized spacial score (nSPS) is 28.0. The van der Waals surface area contributed by atoms with Crippen LogP contribution in [0.3, 0.4) is 0 Å². The third-order valence-electron chi connectivity index (χ3n) is 4.67. The maximum Gasteiger partial charge on any atom is 0.253 e. The second-order valence-electron chi connectivity index (χ2n) is 6.19. The molecular formula is C16H18BrN3O. The molecule has 0 saturated carbocycles. The minimum atomic E-state index is 0.0324. The molecule has 0 radical (unpaired) electrons.